The third kappa shape index (κ3) is 3.72. The third-order valence-electron chi connectivity index (χ3n) is 6.09. The van der Waals surface area contributed by atoms with Crippen molar-refractivity contribution in [2.24, 2.45) is 0 Å². The number of benzene rings is 2. The van der Waals surface area contributed by atoms with E-state index in [0.29, 0.717) is 30.8 Å². The van der Waals surface area contributed by atoms with Gasteiger partial charge in [0.15, 0.2) is 17.1 Å². The number of nitrogens with zero attached hydrogens (tertiary/aromatic N) is 4. The Kier molecular flexibility index (Phi) is 5.51. The summed E-state index contributed by atoms with van der Waals surface area (Å²) in [5.41, 5.74) is 5.36. The van der Waals surface area contributed by atoms with Crippen LogP contribution < -0.4 is 9.47 Å². The molecule has 1 aliphatic rings. The minimum atomic E-state index is -0.0266. The summed E-state index contributed by atoms with van der Waals surface area (Å²) in [4.78, 5) is 13.0. The number of rotatable bonds is 6. The number of fused-ring (bicyclic) bond motifs is 3. The van der Waals surface area contributed by atoms with Gasteiger partial charge in [0, 0.05) is 13.5 Å². The largest absolute Gasteiger partial charge is 0.497 e. The summed E-state index contributed by atoms with van der Waals surface area (Å²) in [5, 5.41) is 13.6. The van der Waals surface area contributed by atoms with Crippen molar-refractivity contribution >= 4 is 11.4 Å². The van der Waals surface area contributed by atoms with Gasteiger partial charge in [-0.2, -0.15) is 5.10 Å². The average Bonchev–Trinajstić information content (AvgIpc) is 3.23. The number of methoxy groups -OCH3 is 3. The Bertz CT molecular complexity index is 1310. The second-order valence-corrected chi connectivity index (χ2v) is 8.02. The molecule has 8 nitrogen and oxygen atoms in total. The molecule has 0 aliphatic heterocycles. The molecule has 0 N–H and O–H groups in total. The predicted octanol–water partition coefficient (Wildman–Crippen LogP) is 3.87. The summed E-state index contributed by atoms with van der Waals surface area (Å²) >= 11 is 0. The summed E-state index contributed by atoms with van der Waals surface area (Å²) in [6, 6.07) is 15.6. The first kappa shape index (κ1) is 21.1. The molecule has 4 aromatic rings. The molecule has 8 heteroatoms. The van der Waals surface area contributed by atoms with Crippen LogP contribution in [0.3, 0.4) is 0 Å². The van der Waals surface area contributed by atoms with Crippen molar-refractivity contribution in [2.75, 3.05) is 21.3 Å². The lowest BCUT2D eigenvalue weighted by Crippen LogP contribution is -2.24. The van der Waals surface area contributed by atoms with Gasteiger partial charge in [-0.15, -0.1) is 10.2 Å². The van der Waals surface area contributed by atoms with Gasteiger partial charge < -0.3 is 14.2 Å². The zero-order chi connectivity index (χ0) is 22.9. The summed E-state index contributed by atoms with van der Waals surface area (Å²) < 4.78 is 17.7. The van der Waals surface area contributed by atoms with Gasteiger partial charge in [-0.3, -0.25) is 4.79 Å². The zero-order valence-electron chi connectivity index (χ0n) is 18.7. The first-order valence-electron chi connectivity index (χ1n) is 10.7. The predicted molar refractivity (Wildman–Crippen MR) is 122 cm³/mol. The summed E-state index contributed by atoms with van der Waals surface area (Å²) in [6.45, 7) is 0.315. The first-order chi connectivity index (χ1) is 16.1. The summed E-state index contributed by atoms with van der Waals surface area (Å²) in [5.74, 6) is 1.55. The molecule has 0 spiro atoms. The van der Waals surface area contributed by atoms with Gasteiger partial charge in [-0.05, 0) is 47.7 Å². The van der Waals surface area contributed by atoms with Crippen LogP contribution >= 0.6 is 0 Å². The van der Waals surface area contributed by atoms with E-state index >= 15 is 0 Å². The number of ketones is 1. The number of hydrogen-bond donors (Lipinski definition) is 0. The molecule has 2 aromatic carbocycles. The van der Waals surface area contributed by atoms with Gasteiger partial charge >= 0.3 is 0 Å². The molecule has 0 fully saturated rings. The molecule has 0 unspecified atom stereocenters. The van der Waals surface area contributed by atoms with E-state index in [1.807, 2.05) is 48.5 Å². The Morgan fingerprint density at radius 2 is 1.58 bits per heavy atom. The maximum absolute atomic E-state index is 13.0. The van der Waals surface area contributed by atoms with Gasteiger partial charge in [0.25, 0.3) is 0 Å². The lowest BCUT2D eigenvalue weighted by atomic mass is 9.83. The van der Waals surface area contributed by atoms with E-state index < -0.39 is 0 Å². The van der Waals surface area contributed by atoms with Crippen LogP contribution in [0.1, 0.15) is 39.8 Å². The molecule has 0 radical (unpaired) electrons. The normalized spacial score (nSPS) is 15.5. The number of Topliss-reactive ketones (excluding diaryl/α,β-unsaturated/α-hetero) is 1. The topological polar surface area (TPSA) is 87.8 Å². The molecule has 33 heavy (non-hydrogen) atoms. The van der Waals surface area contributed by atoms with Crippen LogP contribution in [0.5, 0.6) is 11.5 Å². The van der Waals surface area contributed by atoms with Crippen molar-refractivity contribution in [3.8, 4) is 22.6 Å². The zero-order valence-corrected chi connectivity index (χ0v) is 18.7. The minimum Gasteiger partial charge on any atom is -0.497 e. The maximum Gasteiger partial charge on any atom is 0.185 e. The highest BCUT2D eigenvalue weighted by molar-refractivity contribution is 5.97. The molecule has 1 atom stereocenters. The second-order valence-electron chi connectivity index (χ2n) is 8.02. The number of aromatic nitrogens is 4. The van der Waals surface area contributed by atoms with Crippen LogP contribution in [0.4, 0.5) is 0 Å². The van der Waals surface area contributed by atoms with Crippen LogP contribution in [0.2, 0.25) is 0 Å². The highest BCUT2D eigenvalue weighted by Gasteiger charge is 2.32. The lowest BCUT2D eigenvalue weighted by Gasteiger charge is -2.23. The van der Waals surface area contributed by atoms with E-state index in [1.165, 1.54) is 0 Å². The molecule has 0 saturated carbocycles. The fourth-order valence-electron chi connectivity index (χ4n) is 4.42. The standard InChI is InChI=1S/C25H24N4O4/c1-31-14-20-23(16-6-10-19(33-3)11-7-16)25-27-26-24-21(29(25)28-20)12-17(13-22(24)30)15-4-8-18(32-2)9-5-15/h4-11,17H,12-14H2,1-3H3/t17-/m0/s1. The Morgan fingerprint density at radius 1 is 0.909 bits per heavy atom. The van der Waals surface area contributed by atoms with Crippen LogP contribution in [0.25, 0.3) is 16.8 Å². The van der Waals surface area contributed by atoms with E-state index in [2.05, 4.69) is 10.2 Å². The van der Waals surface area contributed by atoms with E-state index in [1.54, 1.807) is 25.8 Å². The molecule has 2 aromatic heterocycles. The Balaban J connectivity index is 1.62. The SMILES string of the molecule is COCc1nn2c3c(nnc2c1-c1ccc(OC)cc1)C(=O)C[C@@H](c1ccc(OC)cc1)C3. The number of carbonyl (C=O) groups is 1. The maximum atomic E-state index is 13.0. The number of carbonyl (C=O) groups excluding carboxylic acids is 1. The van der Waals surface area contributed by atoms with Gasteiger partial charge in [0.1, 0.15) is 11.5 Å². The highest BCUT2D eigenvalue weighted by atomic mass is 16.5. The molecule has 0 amide bonds. The second kappa shape index (κ2) is 8.63. The van der Waals surface area contributed by atoms with Crippen molar-refractivity contribution in [1.82, 2.24) is 19.8 Å². The Hall–Kier alpha value is -3.78. The van der Waals surface area contributed by atoms with Gasteiger partial charge in [0.05, 0.1) is 37.8 Å². The fourth-order valence-corrected chi connectivity index (χ4v) is 4.42. The monoisotopic (exact) mass is 444 g/mol. The van der Waals surface area contributed by atoms with Crippen molar-refractivity contribution in [3.05, 3.63) is 71.2 Å². The molecular formula is C25H24N4O4. The minimum absolute atomic E-state index is 0.0266. The van der Waals surface area contributed by atoms with Crippen LogP contribution in [-0.2, 0) is 17.8 Å². The molecule has 5 rings (SSSR count). The average molecular weight is 444 g/mol. The number of ether oxygens (including phenoxy) is 3. The van der Waals surface area contributed by atoms with E-state index in [4.69, 9.17) is 19.3 Å². The van der Waals surface area contributed by atoms with E-state index in [0.717, 1.165) is 39.6 Å². The Morgan fingerprint density at radius 3 is 2.21 bits per heavy atom. The third-order valence-corrected chi connectivity index (χ3v) is 6.09. The van der Waals surface area contributed by atoms with Crippen molar-refractivity contribution < 1.29 is 19.0 Å². The molecular weight excluding hydrogens is 420 g/mol. The quantitative estimate of drug-likeness (QED) is 0.446. The first-order valence-corrected chi connectivity index (χ1v) is 10.7. The highest BCUT2D eigenvalue weighted by Crippen LogP contribution is 2.35. The van der Waals surface area contributed by atoms with E-state index in [9.17, 15) is 4.79 Å². The molecule has 0 bridgehead atoms. The smallest absolute Gasteiger partial charge is 0.185 e. The van der Waals surface area contributed by atoms with Crippen LogP contribution in [-0.4, -0.2) is 46.9 Å². The van der Waals surface area contributed by atoms with Crippen molar-refractivity contribution in [2.45, 2.75) is 25.4 Å². The Labute approximate surface area is 191 Å². The molecule has 1 aliphatic carbocycles. The molecule has 0 saturated heterocycles. The van der Waals surface area contributed by atoms with Crippen molar-refractivity contribution in [3.63, 3.8) is 0 Å². The van der Waals surface area contributed by atoms with Gasteiger partial charge in [-0.1, -0.05) is 24.3 Å². The van der Waals surface area contributed by atoms with E-state index in [-0.39, 0.29) is 11.7 Å². The van der Waals surface area contributed by atoms with Crippen LogP contribution in [0.15, 0.2) is 48.5 Å². The lowest BCUT2D eigenvalue weighted by molar-refractivity contribution is 0.0955. The molecule has 2 heterocycles. The molecule has 168 valence electrons. The number of hydrogen-bond acceptors (Lipinski definition) is 7. The van der Waals surface area contributed by atoms with Crippen LogP contribution in [0, 0.1) is 0 Å². The summed E-state index contributed by atoms with van der Waals surface area (Å²) in [7, 11) is 4.90. The summed E-state index contributed by atoms with van der Waals surface area (Å²) in [6.07, 6.45) is 1.02. The van der Waals surface area contributed by atoms with Crippen molar-refractivity contribution in [1.29, 1.82) is 0 Å². The van der Waals surface area contributed by atoms with Gasteiger partial charge in [0.2, 0.25) is 0 Å². The fraction of sp³-hybridized carbons (Fsp3) is 0.280. The van der Waals surface area contributed by atoms with Gasteiger partial charge in [-0.25, -0.2) is 4.52 Å².